The maximum absolute atomic E-state index is 13.5. The van der Waals surface area contributed by atoms with Crippen LogP contribution in [0, 0.1) is 0 Å². The van der Waals surface area contributed by atoms with Gasteiger partial charge in [-0.15, -0.1) is 24.4 Å². The number of thioether (sulfide) groups is 1. The summed E-state index contributed by atoms with van der Waals surface area (Å²) in [6, 6.07) is 35.0. The Hall–Kier alpha value is -7.35. The topological polar surface area (TPSA) is 128 Å². The van der Waals surface area contributed by atoms with E-state index in [1.54, 1.807) is 62.5 Å². The average molecular weight is 870 g/mol. The van der Waals surface area contributed by atoms with Gasteiger partial charge in [-0.05, 0) is 102 Å². The van der Waals surface area contributed by atoms with Crippen LogP contribution in [0.5, 0.6) is 23.0 Å². The summed E-state index contributed by atoms with van der Waals surface area (Å²) in [5.74, 6) is 1.84. The molecule has 6 aromatic carbocycles. The molecule has 13 heteroatoms. The Morgan fingerprint density at radius 3 is 1.60 bits per heavy atom. The SMILES string of the molecule is CCOC(=O)c1cn2c3c(cc(S)cc3c1=O)Oc1cc3ccccc3cc1-2.CCOC(=O)c1cn2c3c(cc(SCc4ccncc4)cc3c1=O)Oc1cc3ccccc3cc1-2. The molecule has 0 aliphatic carbocycles. The standard InChI is InChI=1S/C28H20N2O4S.C22H15NO4S/c1-2-33-28(32)22-15-30-23-11-18-5-3-4-6-19(18)12-24(23)34-25-14-20(13-21(26(25)30)27(22)31)35-16-17-7-9-29-10-8-17;1-2-26-22(25)16-11-23-17-7-12-5-3-4-6-13(12)8-18(17)27-19-10-14(28)9-15(20(19)23)21(16)24/h3-15H,2,16H2,1H3;3-11,28H,2H2,1H3. The molecule has 2 aliphatic heterocycles. The van der Waals surface area contributed by atoms with Crippen LogP contribution in [0.3, 0.4) is 0 Å². The maximum atomic E-state index is 13.5. The monoisotopic (exact) mass is 869 g/mol. The largest absolute Gasteiger partial charge is 0.462 e. The Labute approximate surface area is 368 Å². The molecule has 11 nitrogen and oxygen atoms in total. The number of esters is 2. The second-order valence-corrected chi connectivity index (χ2v) is 16.3. The second-order valence-electron chi connectivity index (χ2n) is 14.8. The van der Waals surface area contributed by atoms with E-state index in [4.69, 9.17) is 18.9 Å². The Morgan fingerprint density at radius 1 is 0.619 bits per heavy atom. The van der Waals surface area contributed by atoms with Crippen molar-refractivity contribution in [1.82, 2.24) is 14.1 Å². The number of benzene rings is 6. The van der Waals surface area contributed by atoms with E-state index in [1.165, 1.54) is 0 Å². The lowest BCUT2D eigenvalue weighted by Gasteiger charge is -2.25. The summed E-state index contributed by atoms with van der Waals surface area (Å²) in [4.78, 5) is 57.1. The number of carbonyl (C=O) groups excluding carboxylic acids is 2. The second kappa shape index (κ2) is 16.2. The minimum atomic E-state index is -0.641. The van der Waals surface area contributed by atoms with Gasteiger partial charge >= 0.3 is 11.9 Å². The molecule has 0 radical (unpaired) electrons. The van der Waals surface area contributed by atoms with Crippen molar-refractivity contribution < 1.29 is 28.5 Å². The molecule has 3 aromatic heterocycles. The van der Waals surface area contributed by atoms with Gasteiger partial charge in [0.2, 0.25) is 10.9 Å². The highest BCUT2D eigenvalue weighted by Gasteiger charge is 2.28. The first-order valence-electron chi connectivity index (χ1n) is 20.1. The fourth-order valence-corrected chi connectivity index (χ4v) is 9.14. The number of carbonyl (C=O) groups is 2. The van der Waals surface area contributed by atoms with Gasteiger partial charge in [-0.25, -0.2) is 9.59 Å². The van der Waals surface area contributed by atoms with E-state index in [2.05, 4.69) is 17.6 Å². The van der Waals surface area contributed by atoms with Crippen molar-refractivity contribution in [3.8, 4) is 34.4 Å². The zero-order valence-electron chi connectivity index (χ0n) is 33.8. The molecular formula is C50H35N3O8S2. The fourth-order valence-electron chi connectivity index (χ4n) is 7.98. The summed E-state index contributed by atoms with van der Waals surface area (Å²) >= 11 is 5.99. The number of thiol groups is 1. The van der Waals surface area contributed by atoms with Crippen LogP contribution in [-0.4, -0.2) is 39.3 Å². The molecule has 0 fully saturated rings. The summed E-state index contributed by atoms with van der Waals surface area (Å²) in [6.45, 7) is 3.81. The van der Waals surface area contributed by atoms with E-state index in [1.807, 2.05) is 106 Å². The summed E-state index contributed by atoms with van der Waals surface area (Å²) < 4.78 is 26.5. The molecule has 0 amide bonds. The molecule has 2 aliphatic rings. The number of pyridine rings is 3. The predicted molar refractivity (Wildman–Crippen MR) is 247 cm³/mol. The molecule has 9 aromatic rings. The number of hydrogen-bond acceptors (Lipinski definition) is 11. The molecule has 0 saturated carbocycles. The van der Waals surface area contributed by atoms with E-state index < -0.39 is 17.4 Å². The average Bonchev–Trinajstić information content (AvgIpc) is 3.29. The maximum Gasteiger partial charge on any atom is 0.343 e. The highest BCUT2D eigenvalue weighted by molar-refractivity contribution is 7.98. The van der Waals surface area contributed by atoms with Crippen molar-refractivity contribution in [2.24, 2.45) is 0 Å². The molecule has 0 saturated heterocycles. The third kappa shape index (κ3) is 7.14. The first-order chi connectivity index (χ1) is 30.7. The summed E-state index contributed by atoms with van der Waals surface area (Å²) in [5, 5.41) is 4.93. The zero-order valence-corrected chi connectivity index (χ0v) is 35.5. The van der Waals surface area contributed by atoms with Crippen molar-refractivity contribution in [3.05, 3.63) is 171 Å². The molecule has 0 bridgehead atoms. The first-order valence-corrected chi connectivity index (χ1v) is 21.6. The Bertz CT molecular complexity index is 3500. The van der Waals surface area contributed by atoms with E-state index in [9.17, 15) is 19.2 Å². The Kier molecular flexibility index (Phi) is 10.2. The van der Waals surface area contributed by atoms with Crippen LogP contribution in [0.15, 0.2) is 153 Å². The fraction of sp³-hybridized carbons (Fsp3) is 0.100. The minimum Gasteiger partial charge on any atom is -0.462 e. The minimum absolute atomic E-state index is 0.00240. The summed E-state index contributed by atoms with van der Waals surface area (Å²) in [5.41, 5.74) is 3.12. The Balaban J connectivity index is 0.000000153. The van der Waals surface area contributed by atoms with Crippen LogP contribution in [0.2, 0.25) is 0 Å². The van der Waals surface area contributed by atoms with Crippen LogP contribution in [0.25, 0.3) is 54.7 Å². The summed E-state index contributed by atoms with van der Waals surface area (Å²) in [7, 11) is 0. The highest BCUT2D eigenvalue weighted by atomic mass is 32.2. The molecule has 0 unspecified atom stereocenters. The van der Waals surface area contributed by atoms with Crippen LogP contribution in [0.1, 0.15) is 40.1 Å². The number of hydrogen-bond donors (Lipinski definition) is 1. The van der Waals surface area contributed by atoms with Crippen molar-refractivity contribution >= 4 is 79.7 Å². The molecule has 310 valence electrons. The van der Waals surface area contributed by atoms with E-state index in [0.29, 0.717) is 55.5 Å². The van der Waals surface area contributed by atoms with Crippen LogP contribution >= 0.6 is 24.4 Å². The zero-order chi connectivity index (χ0) is 43.4. The smallest absolute Gasteiger partial charge is 0.343 e. The van der Waals surface area contributed by atoms with Gasteiger partial charge in [0.1, 0.15) is 22.2 Å². The number of rotatable bonds is 7. The lowest BCUT2D eigenvalue weighted by molar-refractivity contribution is 0.0514. The van der Waals surface area contributed by atoms with Crippen molar-refractivity contribution in [2.45, 2.75) is 29.4 Å². The predicted octanol–water partition coefficient (Wildman–Crippen LogP) is 10.8. The first kappa shape index (κ1) is 39.8. The number of ether oxygens (including phenoxy) is 4. The lowest BCUT2D eigenvalue weighted by Crippen LogP contribution is -2.22. The van der Waals surface area contributed by atoms with Gasteiger partial charge < -0.3 is 28.1 Å². The van der Waals surface area contributed by atoms with Gasteiger partial charge in [-0.3, -0.25) is 14.6 Å². The van der Waals surface area contributed by atoms with Gasteiger partial charge in [0.05, 0.1) is 35.4 Å². The molecule has 5 heterocycles. The highest BCUT2D eigenvalue weighted by Crippen LogP contribution is 2.45. The van der Waals surface area contributed by atoms with Gasteiger partial charge in [0.25, 0.3) is 0 Å². The third-order valence-corrected chi connectivity index (χ3v) is 12.1. The Morgan fingerprint density at radius 2 is 1.10 bits per heavy atom. The van der Waals surface area contributed by atoms with Crippen molar-refractivity contribution in [2.75, 3.05) is 13.2 Å². The molecular weight excluding hydrogens is 835 g/mol. The van der Waals surface area contributed by atoms with Crippen LogP contribution < -0.4 is 20.3 Å². The van der Waals surface area contributed by atoms with Crippen LogP contribution in [-0.2, 0) is 15.2 Å². The van der Waals surface area contributed by atoms with Crippen molar-refractivity contribution in [1.29, 1.82) is 0 Å². The van der Waals surface area contributed by atoms with Gasteiger partial charge in [-0.1, -0.05) is 48.5 Å². The molecule has 11 rings (SSSR count). The van der Waals surface area contributed by atoms with Gasteiger partial charge in [0.15, 0.2) is 23.0 Å². The van der Waals surface area contributed by atoms with Crippen molar-refractivity contribution in [3.63, 3.8) is 0 Å². The van der Waals surface area contributed by atoms with E-state index in [0.717, 1.165) is 43.4 Å². The van der Waals surface area contributed by atoms with Crippen LogP contribution in [0.4, 0.5) is 0 Å². The normalized spacial score (nSPS) is 11.9. The number of nitrogens with zero attached hydrogens (tertiary/aromatic N) is 3. The third-order valence-electron chi connectivity index (χ3n) is 10.8. The molecule has 0 spiro atoms. The quantitative estimate of drug-likeness (QED) is 0.0939. The number of fused-ring (bicyclic) bond motifs is 6. The summed E-state index contributed by atoms with van der Waals surface area (Å²) in [6.07, 6.45) is 6.63. The van der Waals surface area contributed by atoms with Gasteiger partial charge in [-0.2, -0.15) is 0 Å². The lowest BCUT2D eigenvalue weighted by atomic mass is 10.1. The van der Waals surface area contributed by atoms with E-state index >= 15 is 0 Å². The number of aromatic nitrogens is 3. The van der Waals surface area contributed by atoms with E-state index in [-0.39, 0.29) is 29.8 Å². The molecule has 63 heavy (non-hydrogen) atoms. The molecule has 0 atom stereocenters. The van der Waals surface area contributed by atoms with Gasteiger partial charge in [0, 0.05) is 40.3 Å². The molecule has 0 N–H and O–H groups in total.